The van der Waals surface area contributed by atoms with E-state index in [2.05, 4.69) is 39.9 Å². The highest BCUT2D eigenvalue weighted by Crippen LogP contribution is 2.32. The van der Waals surface area contributed by atoms with Crippen molar-refractivity contribution >= 4 is 22.9 Å². The largest absolute Gasteiger partial charge is 0.497 e. The molecule has 1 aliphatic heterocycles. The first-order valence-electron chi connectivity index (χ1n) is 10.7. The van der Waals surface area contributed by atoms with Crippen LogP contribution in [-0.2, 0) is 11.3 Å². The smallest absolute Gasteiger partial charge is 0.262 e. The molecule has 3 aromatic rings. The Bertz CT molecular complexity index is 1050. The molecule has 1 N–H and O–H groups in total. The molecule has 1 amide bonds. The number of hydrogen-bond donors (Lipinski definition) is 1. The molecule has 0 aliphatic carbocycles. The molecule has 1 aromatic heterocycles. The van der Waals surface area contributed by atoms with Gasteiger partial charge in [-0.1, -0.05) is 6.07 Å². The van der Waals surface area contributed by atoms with Gasteiger partial charge in [0.15, 0.2) is 6.61 Å². The van der Waals surface area contributed by atoms with Crippen LogP contribution in [0, 0.1) is 0 Å². The van der Waals surface area contributed by atoms with Crippen LogP contribution in [-0.4, -0.2) is 44.7 Å². The van der Waals surface area contributed by atoms with Gasteiger partial charge in [0.05, 0.1) is 19.9 Å². The fraction of sp³-hybridized carbons (Fsp3) is 0.320. The van der Waals surface area contributed by atoms with Crippen LogP contribution in [0.15, 0.2) is 53.9 Å². The van der Waals surface area contributed by atoms with Gasteiger partial charge in [-0.25, -0.2) is 0 Å². The summed E-state index contributed by atoms with van der Waals surface area (Å²) in [5, 5.41) is 4.94. The molecule has 4 rings (SSSR count). The molecule has 32 heavy (non-hydrogen) atoms. The number of rotatable bonds is 9. The molecule has 0 bridgehead atoms. The van der Waals surface area contributed by atoms with Crippen molar-refractivity contribution in [2.45, 2.75) is 19.4 Å². The number of carbonyl (C=O) groups excluding carboxylic acids is 1. The second-order valence-corrected chi connectivity index (χ2v) is 8.63. The van der Waals surface area contributed by atoms with Crippen molar-refractivity contribution in [3.63, 3.8) is 0 Å². The lowest BCUT2D eigenvalue weighted by Crippen LogP contribution is -2.22. The number of methoxy groups -OCH3 is 2. The van der Waals surface area contributed by atoms with E-state index in [1.807, 2.05) is 6.07 Å². The lowest BCUT2D eigenvalue weighted by Gasteiger charge is -2.19. The Morgan fingerprint density at radius 1 is 1.03 bits per heavy atom. The number of nitrogens with zero attached hydrogens (tertiary/aromatic N) is 1. The molecule has 1 saturated heterocycles. The molecule has 6 nitrogen and oxygen atoms in total. The Morgan fingerprint density at radius 2 is 1.88 bits per heavy atom. The number of carbonyl (C=O) groups is 1. The zero-order chi connectivity index (χ0) is 22.3. The van der Waals surface area contributed by atoms with Crippen LogP contribution in [0.1, 0.15) is 18.4 Å². The van der Waals surface area contributed by atoms with Crippen molar-refractivity contribution in [3.05, 3.63) is 59.5 Å². The van der Waals surface area contributed by atoms with Crippen LogP contribution in [0.5, 0.6) is 17.2 Å². The number of nitrogens with one attached hydrogen (secondary N) is 1. The molecular weight excluding hydrogens is 424 g/mol. The first-order valence-corrected chi connectivity index (χ1v) is 11.6. The molecule has 1 fully saturated rings. The SMILES string of the molecule is COc1ccc(NC(=O)COc2ccc(-c3cccs3)cc2CN2CCCC2)c(OC)c1. The fourth-order valence-corrected chi connectivity index (χ4v) is 4.58. The van der Waals surface area contributed by atoms with Crippen LogP contribution in [0.2, 0.25) is 0 Å². The van der Waals surface area contributed by atoms with E-state index >= 15 is 0 Å². The minimum Gasteiger partial charge on any atom is -0.497 e. The number of anilines is 1. The van der Waals surface area contributed by atoms with E-state index in [9.17, 15) is 4.79 Å². The molecule has 2 aromatic carbocycles. The van der Waals surface area contributed by atoms with Gasteiger partial charge in [0.1, 0.15) is 17.2 Å². The molecule has 7 heteroatoms. The van der Waals surface area contributed by atoms with E-state index in [1.165, 1.54) is 23.3 Å². The molecular formula is C25H28N2O4S. The van der Waals surface area contributed by atoms with E-state index in [0.717, 1.165) is 30.9 Å². The monoisotopic (exact) mass is 452 g/mol. The predicted octanol–water partition coefficient (Wildman–Crippen LogP) is 5.05. The number of likely N-dealkylation sites (tertiary alicyclic amines) is 1. The average Bonchev–Trinajstić information content (AvgIpc) is 3.53. The number of hydrogen-bond acceptors (Lipinski definition) is 6. The normalized spacial score (nSPS) is 13.7. The Morgan fingerprint density at radius 3 is 2.59 bits per heavy atom. The van der Waals surface area contributed by atoms with Gasteiger partial charge in [0.2, 0.25) is 0 Å². The first-order chi connectivity index (χ1) is 15.7. The van der Waals surface area contributed by atoms with Crippen molar-refractivity contribution in [2.75, 3.05) is 39.2 Å². The van der Waals surface area contributed by atoms with E-state index in [-0.39, 0.29) is 12.5 Å². The Kier molecular flexibility index (Phi) is 7.29. The second kappa shape index (κ2) is 10.5. The highest BCUT2D eigenvalue weighted by atomic mass is 32.1. The molecule has 0 spiro atoms. The summed E-state index contributed by atoms with van der Waals surface area (Å²) in [5.41, 5.74) is 2.86. The van der Waals surface area contributed by atoms with E-state index in [1.54, 1.807) is 43.8 Å². The number of thiophene rings is 1. The van der Waals surface area contributed by atoms with Gasteiger partial charge in [0, 0.05) is 23.1 Å². The Balaban J connectivity index is 1.46. The van der Waals surface area contributed by atoms with Gasteiger partial charge < -0.3 is 19.5 Å². The van der Waals surface area contributed by atoms with Gasteiger partial charge in [0.25, 0.3) is 5.91 Å². The highest BCUT2D eigenvalue weighted by molar-refractivity contribution is 7.13. The molecule has 168 valence electrons. The Labute approximate surface area is 192 Å². The van der Waals surface area contributed by atoms with Gasteiger partial charge in [-0.15, -0.1) is 11.3 Å². The minimum absolute atomic E-state index is 0.0828. The fourth-order valence-electron chi connectivity index (χ4n) is 3.85. The van der Waals surface area contributed by atoms with Crippen molar-refractivity contribution < 1.29 is 19.0 Å². The number of ether oxygens (including phenoxy) is 3. The van der Waals surface area contributed by atoms with Gasteiger partial charge in [-0.3, -0.25) is 9.69 Å². The predicted molar refractivity (Wildman–Crippen MR) is 128 cm³/mol. The van der Waals surface area contributed by atoms with E-state index in [4.69, 9.17) is 14.2 Å². The molecule has 0 radical (unpaired) electrons. The standard InChI is InChI=1S/C25H28N2O4S/c1-29-20-8-9-21(23(15-20)30-2)26-25(28)17-31-22-10-7-18(24-6-5-13-32-24)14-19(22)16-27-11-3-4-12-27/h5-10,13-15H,3-4,11-12,16-17H2,1-2H3,(H,26,28). The van der Waals surface area contributed by atoms with Gasteiger partial charge >= 0.3 is 0 Å². The van der Waals surface area contributed by atoms with Crippen LogP contribution in [0.4, 0.5) is 5.69 Å². The summed E-state index contributed by atoms with van der Waals surface area (Å²) >= 11 is 1.72. The number of benzene rings is 2. The maximum absolute atomic E-state index is 12.6. The minimum atomic E-state index is -0.247. The third kappa shape index (κ3) is 5.41. The van der Waals surface area contributed by atoms with Crippen molar-refractivity contribution in [2.24, 2.45) is 0 Å². The number of amides is 1. The molecule has 0 unspecified atom stereocenters. The molecule has 2 heterocycles. The van der Waals surface area contributed by atoms with E-state index < -0.39 is 0 Å². The second-order valence-electron chi connectivity index (χ2n) is 7.69. The van der Waals surface area contributed by atoms with Crippen LogP contribution < -0.4 is 19.5 Å². The van der Waals surface area contributed by atoms with Crippen molar-refractivity contribution in [3.8, 4) is 27.7 Å². The zero-order valence-electron chi connectivity index (χ0n) is 18.4. The van der Waals surface area contributed by atoms with Crippen LogP contribution >= 0.6 is 11.3 Å². The quantitative estimate of drug-likeness (QED) is 0.493. The summed E-state index contributed by atoms with van der Waals surface area (Å²) in [5.74, 6) is 1.69. The maximum atomic E-state index is 12.6. The summed E-state index contributed by atoms with van der Waals surface area (Å²) in [6, 6.07) is 15.7. The summed E-state index contributed by atoms with van der Waals surface area (Å²) < 4.78 is 16.5. The summed E-state index contributed by atoms with van der Waals surface area (Å²) in [6.07, 6.45) is 2.46. The first kappa shape index (κ1) is 22.2. The third-order valence-electron chi connectivity index (χ3n) is 5.50. The lowest BCUT2D eigenvalue weighted by molar-refractivity contribution is -0.118. The average molecular weight is 453 g/mol. The molecule has 1 aliphatic rings. The molecule has 0 saturated carbocycles. The lowest BCUT2D eigenvalue weighted by atomic mass is 10.1. The van der Waals surface area contributed by atoms with E-state index in [0.29, 0.717) is 17.2 Å². The summed E-state index contributed by atoms with van der Waals surface area (Å²) in [6.45, 7) is 2.93. The third-order valence-corrected chi connectivity index (χ3v) is 6.42. The van der Waals surface area contributed by atoms with Crippen LogP contribution in [0.3, 0.4) is 0 Å². The zero-order valence-corrected chi connectivity index (χ0v) is 19.2. The van der Waals surface area contributed by atoms with Crippen molar-refractivity contribution in [1.82, 2.24) is 4.90 Å². The molecule has 0 atom stereocenters. The summed E-state index contributed by atoms with van der Waals surface area (Å²) in [7, 11) is 3.14. The van der Waals surface area contributed by atoms with Gasteiger partial charge in [-0.2, -0.15) is 0 Å². The van der Waals surface area contributed by atoms with Gasteiger partial charge in [-0.05, 0) is 73.3 Å². The highest BCUT2D eigenvalue weighted by Gasteiger charge is 2.17. The Hall–Kier alpha value is -3.03. The van der Waals surface area contributed by atoms with Crippen LogP contribution in [0.25, 0.3) is 10.4 Å². The van der Waals surface area contributed by atoms with Crippen molar-refractivity contribution in [1.29, 1.82) is 0 Å². The topological polar surface area (TPSA) is 60.0 Å². The summed E-state index contributed by atoms with van der Waals surface area (Å²) in [4.78, 5) is 16.2. The maximum Gasteiger partial charge on any atom is 0.262 e.